The Kier molecular flexibility index (Phi) is 7.73. The van der Waals surface area contributed by atoms with Gasteiger partial charge in [-0.25, -0.2) is 4.79 Å². The van der Waals surface area contributed by atoms with Crippen LogP contribution in [0, 0.1) is 0 Å². The van der Waals surface area contributed by atoms with E-state index in [2.05, 4.69) is 10.6 Å². The molecule has 0 heterocycles. The van der Waals surface area contributed by atoms with Gasteiger partial charge in [0.1, 0.15) is 5.60 Å². The Morgan fingerprint density at radius 2 is 1.86 bits per heavy atom. The normalized spacial score (nSPS) is 11.7. The number of carbonyl (C=O) groups excluding carboxylic acids is 1. The number of carbonyl (C=O) groups is 1. The van der Waals surface area contributed by atoms with Gasteiger partial charge in [0.15, 0.2) is 0 Å². The van der Waals surface area contributed by atoms with Crippen molar-refractivity contribution in [3.8, 4) is 0 Å². The Morgan fingerprint density at radius 1 is 1.18 bits per heavy atom. The molecule has 122 valence electrons. The van der Waals surface area contributed by atoms with Crippen LogP contribution in [0.25, 0.3) is 0 Å². The molecule has 0 spiro atoms. The largest absolute Gasteiger partial charge is 0.444 e. The van der Waals surface area contributed by atoms with Gasteiger partial charge in [0.05, 0.1) is 10.0 Å². The first-order chi connectivity index (χ1) is 10.3. The Balaban J connectivity index is 2.16. The molecule has 22 heavy (non-hydrogen) atoms. The lowest BCUT2D eigenvalue weighted by atomic mass is 10.2. The molecule has 2 N–H and O–H groups in total. The van der Waals surface area contributed by atoms with Crippen molar-refractivity contribution in [1.29, 1.82) is 0 Å². The number of amides is 1. The lowest BCUT2D eigenvalue weighted by Gasteiger charge is -2.19. The van der Waals surface area contributed by atoms with E-state index in [-0.39, 0.29) is 0 Å². The summed E-state index contributed by atoms with van der Waals surface area (Å²) in [7, 11) is 0. The SMILES string of the molecule is CC(C)(C)OC(=O)NC/C=C/CNCc1ccc(Cl)c(Cl)c1. The molecule has 6 heteroatoms. The molecule has 0 aromatic heterocycles. The monoisotopic (exact) mass is 344 g/mol. The summed E-state index contributed by atoms with van der Waals surface area (Å²) in [4.78, 5) is 11.4. The molecule has 0 aliphatic heterocycles. The van der Waals surface area contributed by atoms with Gasteiger partial charge in [0.2, 0.25) is 0 Å². The minimum absolute atomic E-state index is 0.416. The van der Waals surface area contributed by atoms with Crippen LogP contribution >= 0.6 is 23.2 Å². The first kappa shape index (κ1) is 18.8. The molecule has 0 fully saturated rings. The molecule has 0 unspecified atom stereocenters. The third-order valence-corrected chi connectivity index (χ3v) is 3.24. The van der Waals surface area contributed by atoms with Gasteiger partial charge in [0, 0.05) is 19.6 Å². The predicted molar refractivity (Wildman–Crippen MR) is 91.5 cm³/mol. The van der Waals surface area contributed by atoms with Gasteiger partial charge >= 0.3 is 6.09 Å². The third kappa shape index (κ3) is 8.27. The van der Waals surface area contributed by atoms with Crippen LogP contribution in [0.3, 0.4) is 0 Å². The van der Waals surface area contributed by atoms with E-state index in [9.17, 15) is 4.79 Å². The van der Waals surface area contributed by atoms with Crippen molar-refractivity contribution in [2.24, 2.45) is 0 Å². The summed E-state index contributed by atoms with van der Waals surface area (Å²) in [6.07, 6.45) is 3.39. The fraction of sp³-hybridized carbons (Fsp3) is 0.438. The van der Waals surface area contributed by atoms with Gasteiger partial charge in [-0.2, -0.15) is 0 Å². The Morgan fingerprint density at radius 3 is 2.50 bits per heavy atom. The average molecular weight is 345 g/mol. The number of halogens is 2. The molecule has 0 aliphatic carbocycles. The first-order valence-electron chi connectivity index (χ1n) is 7.04. The first-order valence-corrected chi connectivity index (χ1v) is 7.80. The highest BCUT2D eigenvalue weighted by atomic mass is 35.5. The van der Waals surface area contributed by atoms with E-state index in [1.165, 1.54) is 0 Å². The molecule has 0 saturated heterocycles. The number of alkyl carbamates (subject to hydrolysis) is 1. The molecule has 0 bridgehead atoms. The van der Waals surface area contributed by atoms with Crippen LogP contribution in [0.15, 0.2) is 30.4 Å². The van der Waals surface area contributed by atoms with Gasteiger partial charge in [-0.3, -0.25) is 0 Å². The summed E-state index contributed by atoms with van der Waals surface area (Å²) in [5, 5.41) is 7.00. The molecule has 0 saturated carbocycles. The molecule has 0 radical (unpaired) electrons. The van der Waals surface area contributed by atoms with Crippen molar-refractivity contribution in [1.82, 2.24) is 10.6 Å². The number of nitrogens with one attached hydrogen (secondary N) is 2. The standard InChI is InChI=1S/C16H22Cl2N2O2/c1-16(2,3)22-15(21)20-9-5-4-8-19-11-12-6-7-13(17)14(18)10-12/h4-7,10,19H,8-9,11H2,1-3H3,(H,20,21)/b5-4+. The number of ether oxygens (including phenoxy) is 1. The lowest BCUT2D eigenvalue weighted by molar-refractivity contribution is 0.0534. The maximum atomic E-state index is 11.4. The van der Waals surface area contributed by atoms with Crippen molar-refractivity contribution >= 4 is 29.3 Å². The summed E-state index contributed by atoms with van der Waals surface area (Å²) in [5.41, 5.74) is 0.588. The van der Waals surface area contributed by atoms with Crippen LogP contribution < -0.4 is 10.6 Å². The van der Waals surface area contributed by atoms with E-state index in [0.29, 0.717) is 29.7 Å². The second-order valence-corrected chi connectivity index (χ2v) is 6.55. The topological polar surface area (TPSA) is 50.4 Å². The van der Waals surface area contributed by atoms with Crippen molar-refractivity contribution in [2.45, 2.75) is 32.9 Å². The fourth-order valence-electron chi connectivity index (χ4n) is 1.57. The Hall–Kier alpha value is -1.23. The molecule has 1 aromatic rings. The predicted octanol–water partition coefficient (Wildman–Crippen LogP) is 4.16. The van der Waals surface area contributed by atoms with E-state index in [1.54, 1.807) is 6.07 Å². The van der Waals surface area contributed by atoms with Crippen LogP contribution in [0.4, 0.5) is 4.79 Å². The second-order valence-electron chi connectivity index (χ2n) is 5.73. The Bertz CT molecular complexity index is 525. The van der Waals surface area contributed by atoms with Crippen molar-refractivity contribution < 1.29 is 9.53 Å². The summed E-state index contributed by atoms with van der Waals surface area (Å²) >= 11 is 11.8. The van der Waals surface area contributed by atoms with E-state index in [0.717, 1.165) is 5.56 Å². The maximum Gasteiger partial charge on any atom is 0.407 e. The van der Waals surface area contributed by atoms with E-state index < -0.39 is 11.7 Å². The Labute approximate surface area is 141 Å². The molecule has 0 aliphatic rings. The van der Waals surface area contributed by atoms with Crippen molar-refractivity contribution in [3.05, 3.63) is 46.0 Å². The third-order valence-electron chi connectivity index (χ3n) is 2.51. The van der Waals surface area contributed by atoms with E-state index >= 15 is 0 Å². The highest BCUT2D eigenvalue weighted by molar-refractivity contribution is 6.42. The van der Waals surface area contributed by atoms with Gasteiger partial charge in [-0.15, -0.1) is 0 Å². The molecular weight excluding hydrogens is 323 g/mol. The zero-order chi connectivity index (χ0) is 16.6. The van der Waals surface area contributed by atoms with Gasteiger partial charge in [-0.05, 0) is 38.5 Å². The lowest BCUT2D eigenvalue weighted by Crippen LogP contribution is -2.32. The highest BCUT2D eigenvalue weighted by Gasteiger charge is 2.14. The average Bonchev–Trinajstić information content (AvgIpc) is 2.39. The summed E-state index contributed by atoms with van der Waals surface area (Å²) < 4.78 is 5.12. The van der Waals surface area contributed by atoms with E-state index in [4.69, 9.17) is 27.9 Å². The molecule has 0 atom stereocenters. The number of hydrogen-bond acceptors (Lipinski definition) is 3. The quantitative estimate of drug-likeness (QED) is 0.601. The number of rotatable bonds is 6. The van der Waals surface area contributed by atoms with Gasteiger partial charge < -0.3 is 15.4 Å². The van der Waals surface area contributed by atoms with Gasteiger partial charge in [0.25, 0.3) is 0 Å². The smallest absolute Gasteiger partial charge is 0.407 e. The molecular formula is C16H22Cl2N2O2. The number of hydrogen-bond donors (Lipinski definition) is 2. The minimum atomic E-state index is -0.477. The van der Waals surface area contributed by atoms with Crippen LogP contribution in [0.5, 0.6) is 0 Å². The fourth-order valence-corrected chi connectivity index (χ4v) is 1.89. The van der Waals surface area contributed by atoms with Crippen molar-refractivity contribution in [3.63, 3.8) is 0 Å². The van der Waals surface area contributed by atoms with Crippen LogP contribution in [0.1, 0.15) is 26.3 Å². The van der Waals surface area contributed by atoms with Crippen LogP contribution in [0.2, 0.25) is 10.0 Å². The molecule has 1 rings (SSSR count). The summed E-state index contributed by atoms with van der Waals surface area (Å²) in [6.45, 7) is 7.31. The summed E-state index contributed by atoms with van der Waals surface area (Å²) in [5.74, 6) is 0. The molecule has 4 nitrogen and oxygen atoms in total. The zero-order valence-corrected chi connectivity index (χ0v) is 14.6. The van der Waals surface area contributed by atoms with Crippen molar-refractivity contribution in [2.75, 3.05) is 13.1 Å². The summed E-state index contributed by atoms with van der Waals surface area (Å²) in [6, 6.07) is 5.54. The highest BCUT2D eigenvalue weighted by Crippen LogP contribution is 2.22. The number of benzene rings is 1. The molecule has 1 amide bonds. The van der Waals surface area contributed by atoms with E-state index in [1.807, 2.05) is 45.1 Å². The maximum absolute atomic E-state index is 11.4. The van der Waals surface area contributed by atoms with Gasteiger partial charge in [-0.1, -0.05) is 41.4 Å². The second kappa shape index (κ2) is 9.03. The van der Waals surface area contributed by atoms with Crippen LogP contribution in [-0.4, -0.2) is 24.8 Å². The zero-order valence-electron chi connectivity index (χ0n) is 13.1. The minimum Gasteiger partial charge on any atom is -0.444 e. The molecule has 1 aromatic carbocycles. The van der Waals surface area contributed by atoms with Crippen LogP contribution in [-0.2, 0) is 11.3 Å².